The van der Waals surface area contributed by atoms with Crippen molar-refractivity contribution in [1.29, 1.82) is 0 Å². The van der Waals surface area contributed by atoms with Crippen LogP contribution in [0, 0.1) is 0 Å². The zero-order valence-electron chi connectivity index (χ0n) is 7.88. The van der Waals surface area contributed by atoms with Crippen LogP contribution in [0.4, 0.5) is 0 Å². The molecular formula is C9H12ClNO3. The minimum absolute atomic E-state index is 0.173. The van der Waals surface area contributed by atoms with Gasteiger partial charge in [-0.15, -0.1) is 0 Å². The Kier molecular flexibility index (Phi) is 4.49. The van der Waals surface area contributed by atoms with Gasteiger partial charge in [-0.05, 0) is 30.7 Å². The van der Waals surface area contributed by atoms with E-state index < -0.39 is 0 Å². The molecule has 0 aliphatic rings. The lowest BCUT2D eigenvalue weighted by atomic mass is 10.4. The molecule has 0 unspecified atom stereocenters. The van der Waals surface area contributed by atoms with Crippen molar-refractivity contribution in [2.45, 2.75) is 13.5 Å². The highest BCUT2D eigenvalue weighted by atomic mass is 35.5. The number of hydrogen-bond acceptors (Lipinski definition) is 4. The number of nitrogens with one attached hydrogen (secondary N) is 1. The van der Waals surface area contributed by atoms with E-state index in [1.165, 1.54) is 0 Å². The van der Waals surface area contributed by atoms with E-state index in [-0.39, 0.29) is 12.5 Å². The number of carbonyl (C=O) groups is 1. The van der Waals surface area contributed by atoms with Crippen molar-refractivity contribution in [2.24, 2.45) is 0 Å². The maximum Gasteiger partial charge on any atom is 0.319 e. The van der Waals surface area contributed by atoms with Gasteiger partial charge in [-0.1, -0.05) is 0 Å². The molecule has 1 N–H and O–H groups in total. The van der Waals surface area contributed by atoms with E-state index in [9.17, 15) is 4.79 Å². The van der Waals surface area contributed by atoms with Crippen molar-refractivity contribution in [3.63, 3.8) is 0 Å². The summed E-state index contributed by atoms with van der Waals surface area (Å²) < 4.78 is 9.80. The third-order valence-corrected chi connectivity index (χ3v) is 1.71. The Morgan fingerprint density at radius 3 is 3.00 bits per heavy atom. The second kappa shape index (κ2) is 5.67. The third kappa shape index (κ3) is 3.81. The second-order valence-electron chi connectivity index (χ2n) is 2.61. The summed E-state index contributed by atoms with van der Waals surface area (Å²) in [5.41, 5.74) is 0. The first-order chi connectivity index (χ1) is 6.72. The van der Waals surface area contributed by atoms with E-state index in [0.29, 0.717) is 24.1 Å². The summed E-state index contributed by atoms with van der Waals surface area (Å²) in [4.78, 5) is 10.9. The van der Waals surface area contributed by atoms with Gasteiger partial charge < -0.3 is 9.15 Å². The van der Waals surface area contributed by atoms with Gasteiger partial charge in [-0.3, -0.25) is 10.1 Å². The number of esters is 1. The van der Waals surface area contributed by atoms with Gasteiger partial charge in [0.05, 0.1) is 19.7 Å². The summed E-state index contributed by atoms with van der Waals surface area (Å²) in [7, 11) is 0. The average molecular weight is 218 g/mol. The van der Waals surface area contributed by atoms with Crippen LogP contribution in [-0.2, 0) is 16.1 Å². The summed E-state index contributed by atoms with van der Waals surface area (Å²) in [5.74, 6) is 0.421. The molecule has 0 aliphatic carbocycles. The zero-order valence-corrected chi connectivity index (χ0v) is 8.63. The molecule has 0 amide bonds. The Bertz CT molecular complexity index is 298. The van der Waals surface area contributed by atoms with Crippen molar-refractivity contribution in [2.75, 3.05) is 13.2 Å². The highest BCUT2D eigenvalue weighted by Gasteiger charge is 2.02. The molecule has 1 aromatic heterocycles. The molecule has 1 rings (SSSR count). The van der Waals surface area contributed by atoms with Gasteiger partial charge in [0.2, 0.25) is 0 Å². The van der Waals surface area contributed by atoms with Crippen molar-refractivity contribution < 1.29 is 13.9 Å². The minimum Gasteiger partial charge on any atom is -0.465 e. The Morgan fingerprint density at radius 2 is 2.43 bits per heavy atom. The van der Waals surface area contributed by atoms with E-state index in [4.69, 9.17) is 20.8 Å². The second-order valence-corrected chi connectivity index (χ2v) is 2.99. The van der Waals surface area contributed by atoms with Crippen LogP contribution < -0.4 is 5.32 Å². The molecular weight excluding hydrogens is 206 g/mol. The first-order valence-corrected chi connectivity index (χ1v) is 4.70. The van der Waals surface area contributed by atoms with Gasteiger partial charge in [0.1, 0.15) is 5.76 Å². The lowest BCUT2D eigenvalue weighted by Gasteiger charge is -2.02. The normalized spacial score (nSPS) is 10.1. The Labute approximate surface area is 87.2 Å². The van der Waals surface area contributed by atoms with Gasteiger partial charge in [0.25, 0.3) is 0 Å². The third-order valence-electron chi connectivity index (χ3n) is 1.50. The fourth-order valence-electron chi connectivity index (χ4n) is 0.947. The van der Waals surface area contributed by atoms with E-state index in [0.717, 1.165) is 0 Å². The molecule has 0 spiro atoms. The number of hydrogen-bond donors (Lipinski definition) is 1. The summed E-state index contributed by atoms with van der Waals surface area (Å²) in [5, 5.41) is 3.22. The molecule has 0 fully saturated rings. The van der Waals surface area contributed by atoms with Gasteiger partial charge in [0.15, 0.2) is 5.22 Å². The maximum atomic E-state index is 10.9. The molecule has 0 saturated heterocycles. The highest BCUT2D eigenvalue weighted by Crippen LogP contribution is 2.12. The summed E-state index contributed by atoms with van der Waals surface area (Å²) in [6, 6.07) is 3.41. The molecule has 4 nitrogen and oxygen atoms in total. The molecule has 5 heteroatoms. The van der Waals surface area contributed by atoms with Crippen molar-refractivity contribution in [3.05, 3.63) is 23.1 Å². The summed E-state index contributed by atoms with van der Waals surface area (Å²) in [6.07, 6.45) is 0. The van der Waals surface area contributed by atoms with Gasteiger partial charge in [-0.2, -0.15) is 0 Å². The van der Waals surface area contributed by atoms with Crippen LogP contribution >= 0.6 is 11.6 Å². The lowest BCUT2D eigenvalue weighted by Crippen LogP contribution is -2.24. The van der Waals surface area contributed by atoms with E-state index >= 15 is 0 Å². The fraction of sp³-hybridized carbons (Fsp3) is 0.444. The summed E-state index contributed by atoms with van der Waals surface area (Å²) >= 11 is 5.57. The molecule has 0 aromatic carbocycles. The molecule has 1 aromatic rings. The Balaban J connectivity index is 2.18. The smallest absolute Gasteiger partial charge is 0.319 e. The number of ether oxygens (including phenoxy) is 1. The Morgan fingerprint density at radius 1 is 1.64 bits per heavy atom. The largest absolute Gasteiger partial charge is 0.465 e. The van der Waals surface area contributed by atoms with Gasteiger partial charge >= 0.3 is 5.97 Å². The standard InChI is InChI=1S/C9H12ClNO3/c1-2-13-9(12)6-11-5-7-3-4-8(10)14-7/h3-4,11H,2,5-6H2,1H3. The van der Waals surface area contributed by atoms with Gasteiger partial charge in [-0.25, -0.2) is 0 Å². The molecule has 78 valence electrons. The number of rotatable bonds is 5. The van der Waals surface area contributed by atoms with Crippen LogP contribution in [0.1, 0.15) is 12.7 Å². The van der Waals surface area contributed by atoms with Crippen LogP contribution in [-0.4, -0.2) is 19.1 Å². The van der Waals surface area contributed by atoms with Crippen LogP contribution in [0.15, 0.2) is 16.5 Å². The average Bonchev–Trinajstić information content (AvgIpc) is 2.52. The first-order valence-electron chi connectivity index (χ1n) is 4.33. The van der Waals surface area contributed by atoms with Crippen molar-refractivity contribution in [1.82, 2.24) is 5.32 Å². The first kappa shape index (κ1) is 11.1. The molecule has 0 bridgehead atoms. The van der Waals surface area contributed by atoms with Gasteiger partial charge in [0, 0.05) is 0 Å². The topological polar surface area (TPSA) is 51.5 Å². The highest BCUT2D eigenvalue weighted by molar-refractivity contribution is 6.28. The van der Waals surface area contributed by atoms with E-state index in [1.54, 1.807) is 19.1 Å². The lowest BCUT2D eigenvalue weighted by molar-refractivity contribution is -0.142. The maximum absolute atomic E-state index is 10.9. The van der Waals surface area contributed by atoms with Crippen LogP contribution in [0.5, 0.6) is 0 Å². The molecule has 1 heterocycles. The SMILES string of the molecule is CCOC(=O)CNCc1ccc(Cl)o1. The molecule has 0 radical (unpaired) electrons. The fourth-order valence-corrected chi connectivity index (χ4v) is 1.11. The quantitative estimate of drug-likeness (QED) is 0.761. The molecule has 0 saturated carbocycles. The monoisotopic (exact) mass is 217 g/mol. The molecule has 0 atom stereocenters. The predicted molar refractivity (Wildman–Crippen MR) is 52.1 cm³/mol. The van der Waals surface area contributed by atoms with Crippen LogP contribution in [0.3, 0.4) is 0 Å². The zero-order chi connectivity index (χ0) is 10.4. The molecule has 0 aliphatic heterocycles. The van der Waals surface area contributed by atoms with Crippen molar-refractivity contribution in [3.8, 4) is 0 Å². The predicted octanol–water partition coefficient (Wildman–Crippen LogP) is 1.59. The number of carbonyl (C=O) groups excluding carboxylic acids is 1. The van der Waals surface area contributed by atoms with Crippen LogP contribution in [0.25, 0.3) is 0 Å². The number of halogens is 1. The Hall–Kier alpha value is -1.00. The van der Waals surface area contributed by atoms with E-state index in [2.05, 4.69) is 5.32 Å². The van der Waals surface area contributed by atoms with Crippen LogP contribution in [0.2, 0.25) is 5.22 Å². The molecule has 14 heavy (non-hydrogen) atoms. The van der Waals surface area contributed by atoms with Crippen molar-refractivity contribution >= 4 is 17.6 Å². The minimum atomic E-state index is -0.273. The van der Waals surface area contributed by atoms with E-state index in [1.807, 2.05) is 0 Å². The number of furan rings is 1. The summed E-state index contributed by atoms with van der Waals surface area (Å²) in [6.45, 7) is 2.80.